The average molecular weight is 555 g/mol. The molecule has 1 aliphatic rings. The number of carbonyl (C=O) groups is 1. The Bertz CT molecular complexity index is 1500. The van der Waals surface area contributed by atoms with E-state index in [-0.39, 0.29) is 24.6 Å². The number of nitrogens with zero attached hydrogens (tertiary/aromatic N) is 4. The number of methoxy groups -OCH3 is 1. The van der Waals surface area contributed by atoms with E-state index in [0.29, 0.717) is 10.8 Å². The molecule has 2 N–H and O–H groups in total. The smallest absolute Gasteiger partial charge is 0.250 e. The van der Waals surface area contributed by atoms with Gasteiger partial charge in [-0.2, -0.15) is 0 Å². The van der Waals surface area contributed by atoms with Crippen molar-refractivity contribution in [3.63, 3.8) is 0 Å². The maximum atomic E-state index is 12.0. The minimum Gasteiger partial charge on any atom is -0.378 e. The van der Waals surface area contributed by atoms with Gasteiger partial charge in [-0.05, 0) is 98.4 Å². The summed E-state index contributed by atoms with van der Waals surface area (Å²) in [5.41, 5.74) is 8.24. The Labute approximate surface area is 240 Å². The van der Waals surface area contributed by atoms with Gasteiger partial charge in [0.25, 0.3) is 0 Å². The van der Waals surface area contributed by atoms with Crippen molar-refractivity contribution in [3.8, 4) is 5.69 Å². The Kier molecular flexibility index (Phi) is 7.86. The molecule has 3 heterocycles. The molecule has 0 unspecified atom stereocenters. The van der Waals surface area contributed by atoms with Crippen molar-refractivity contribution in [2.24, 2.45) is 0 Å². The molecule has 2 aromatic heterocycles. The second-order valence-corrected chi connectivity index (χ2v) is 10.5. The molecule has 0 radical (unpaired) electrons. The van der Waals surface area contributed by atoms with Gasteiger partial charge >= 0.3 is 0 Å². The third kappa shape index (κ3) is 5.30. The predicted octanol–water partition coefficient (Wildman–Crippen LogP) is 5.32. The summed E-state index contributed by atoms with van der Waals surface area (Å²) in [5.74, 6) is -0.201. The Morgan fingerprint density at radius 1 is 1.05 bits per heavy atom. The van der Waals surface area contributed by atoms with Gasteiger partial charge < -0.3 is 29.7 Å². The molecule has 1 fully saturated rings. The third-order valence-electron chi connectivity index (χ3n) is 7.22. The van der Waals surface area contributed by atoms with Crippen LogP contribution in [0.3, 0.4) is 0 Å². The Hall–Kier alpha value is -4.21. The lowest BCUT2D eigenvalue weighted by molar-refractivity contribution is -0.119. The van der Waals surface area contributed by atoms with Crippen LogP contribution in [0.5, 0.6) is 0 Å². The van der Waals surface area contributed by atoms with Crippen molar-refractivity contribution in [1.82, 2.24) is 14.9 Å². The monoisotopic (exact) mass is 554 g/mol. The highest BCUT2D eigenvalue weighted by atomic mass is 32.1. The molecule has 2 aromatic carbocycles. The van der Waals surface area contributed by atoms with Crippen molar-refractivity contribution in [3.05, 3.63) is 102 Å². The summed E-state index contributed by atoms with van der Waals surface area (Å²) in [6.45, 7) is 4.30. The molecule has 0 spiro atoms. The van der Waals surface area contributed by atoms with Crippen LogP contribution < -0.4 is 20.4 Å². The van der Waals surface area contributed by atoms with Crippen molar-refractivity contribution >= 4 is 40.3 Å². The van der Waals surface area contributed by atoms with Gasteiger partial charge in [-0.15, -0.1) is 0 Å². The van der Waals surface area contributed by atoms with Crippen LogP contribution in [-0.2, 0) is 9.53 Å². The molecule has 40 heavy (non-hydrogen) atoms. The number of aromatic nitrogens is 2. The maximum Gasteiger partial charge on any atom is 0.250 e. The number of hydrogen-bond acceptors (Lipinski definition) is 5. The molecule has 1 saturated heterocycles. The zero-order chi connectivity index (χ0) is 28.4. The molecule has 1 aliphatic heterocycles. The number of thiocarbonyl (C=S) groups is 1. The normalized spacial score (nSPS) is 16.6. The zero-order valence-electron chi connectivity index (χ0n) is 23.4. The summed E-state index contributed by atoms with van der Waals surface area (Å²) < 4.78 is 7.22. The summed E-state index contributed by atoms with van der Waals surface area (Å²) in [5, 5.41) is 7.01. The van der Waals surface area contributed by atoms with Gasteiger partial charge in [-0.3, -0.25) is 9.78 Å². The number of aryl methyl sites for hydroxylation is 1. The maximum absolute atomic E-state index is 12.0. The van der Waals surface area contributed by atoms with E-state index in [9.17, 15) is 4.79 Å². The minimum absolute atomic E-state index is 0.00318. The van der Waals surface area contributed by atoms with Gasteiger partial charge in [-0.25, -0.2) is 0 Å². The number of benzene rings is 2. The van der Waals surface area contributed by atoms with Crippen LogP contribution in [-0.4, -0.2) is 48.4 Å². The standard InChI is InChI=1S/C31H34N6O2S/c1-20-18-26(21(2)36(20)24-15-13-23(14-16-24)35(3)4)30-29(27-8-6-7-17-32-27)34-31(40)37(30)25-11-9-22(10-12-25)33-28(38)19-39-5/h6-18,29-30H,19H2,1-5H3,(H,33,38)(H,34,40)/t29-,30+/m0/s1. The first-order chi connectivity index (χ1) is 19.3. The van der Waals surface area contributed by atoms with Crippen molar-refractivity contribution in [2.75, 3.05) is 42.9 Å². The fraction of sp³-hybridized carbons (Fsp3) is 0.258. The van der Waals surface area contributed by atoms with E-state index in [4.69, 9.17) is 17.0 Å². The predicted molar refractivity (Wildman–Crippen MR) is 164 cm³/mol. The highest BCUT2D eigenvalue weighted by Crippen LogP contribution is 2.44. The molecule has 1 amide bonds. The molecular weight excluding hydrogens is 520 g/mol. The van der Waals surface area contributed by atoms with E-state index in [1.807, 2.05) is 62.8 Å². The van der Waals surface area contributed by atoms with Gasteiger partial charge in [0.15, 0.2) is 5.11 Å². The second-order valence-electron chi connectivity index (χ2n) is 10.1. The van der Waals surface area contributed by atoms with Gasteiger partial charge in [0, 0.05) is 61.5 Å². The van der Waals surface area contributed by atoms with Crippen LogP contribution in [0.2, 0.25) is 0 Å². The van der Waals surface area contributed by atoms with Gasteiger partial charge in [0.2, 0.25) is 5.91 Å². The Morgan fingerprint density at radius 3 is 2.38 bits per heavy atom. The lowest BCUT2D eigenvalue weighted by atomic mass is 9.96. The number of hydrogen-bond donors (Lipinski definition) is 2. The number of nitrogens with one attached hydrogen (secondary N) is 2. The number of anilines is 3. The fourth-order valence-electron chi connectivity index (χ4n) is 5.37. The second kappa shape index (κ2) is 11.5. The van der Waals surface area contributed by atoms with Crippen LogP contribution in [0, 0.1) is 13.8 Å². The average Bonchev–Trinajstić information content (AvgIpc) is 3.44. The summed E-state index contributed by atoms with van der Waals surface area (Å²) >= 11 is 5.92. The summed E-state index contributed by atoms with van der Waals surface area (Å²) in [4.78, 5) is 20.9. The first-order valence-electron chi connectivity index (χ1n) is 13.1. The molecule has 4 aromatic rings. The lowest BCUT2D eigenvalue weighted by Gasteiger charge is -2.28. The van der Waals surface area contributed by atoms with E-state index in [2.05, 4.69) is 74.2 Å². The number of ether oxygens (including phenoxy) is 1. The van der Waals surface area contributed by atoms with Gasteiger partial charge in [0.05, 0.1) is 17.8 Å². The zero-order valence-corrected chi connectivity index (χ0v) is 24.2. The highest BCUT2D eigenvalue weighted by molar-refractivity contribution is 7.80. The van der Waals surface area contributed by atoms with Crippen LogP contribution in [0.4, 0.5) is 17.1 Å². The third-order valence-corrected chi connectivity index (χ3v) is 7.53. The summed E-state index contributed by atoms with van der Waals surface area (Å²) in [6, 6.07) is 24.2. The largest absolute Gasteiger partial charge is 0.378 e. The van der Waals surface area contributed by atoms with E-state index in [0.717, 1.165) is 39.7 Å². The van der Waals surface area contributed by atoms with Crippen molar-refractivity contribution in [1.29, 1.82) is 0 Å². The molecule has 9 heteroatoms. The van der Waals surface area contributed by atoms with Crippen LogP contribution in [0.1, 0.15) is 34.7 Å². The molecule has 206 valence electrons. The Balaban J connectivity index is 1.56. The first kappa shape index (κ1) is 27.4. The molecule has 0 bridgehead atoms. The minimum atomic E-state index is -0.201. The van der Waals surface area contributed by atoms with E-state index in [1.54, 1.807) is 0 Å². The highest BCUT2D eigenvalue weighted by Gasteiger charge is 2.42. The molecular formula is C31H34N6O2S. The number of carbonyl (C=O) groups excluding carboxylic acids is 1. The number of pyridine rings is 1. The van der Waals surface area contributed by atoms with Crippen LogP contribution in [0.25, 0.3) is 5.69 Å². The lowest BCUT2D eigenvalue weighted by Crippen LogP contribution is -2.29. The molecule has 2 atom stereocenters. The summed E-state index contributed by atoms with van der Waals surface area (Å²) in [6.07, 6.45) is 1.81. The molecule has 8 nitrogen and oxygen atoms in total. The SMILES string of the molecule is COCC(=O)Nc1ccc(N2C(=S)N[C@@H](c3ccccn3)[C@H]2c2cc(C)n(-c3ccc(N(C)C)cc3)c2C)cc1. The quantitative estimate of drug-likeness (QED) is 0.286. The fourth-order valence-corrected chi connectivity index (χ4v) is 5.71. The van der Waals surface area contributed by atoms with E-state index >= 15 is 0 Å². The number of rotatable bonds is 8. The van der Waals surface area contributed by atoms with Crippen LogP contribution >= 0.6 is 12.2 Å². The van der Waals surface area contributed by atoms with Gasteiger partial charge in [-0.1, -0.05) is 6.07 Å². The first-order valence-corrected chi connectivity index (χ1v) is 13.6. The van der Waals surface area contributed by atoms with Crippen LogP contribution in [0.15, 0.2) is 79.0 Å². The Morgan fingerprint density at radius 2 is 1.75 bits per heavy atom. The van der Waals surface area contributed by atoms with Gasteiger partial charge in [0.1, 0.15) is 6.61 Å². The molecule has 5 rings (SSSR count). The van der Waals surface area contributed by atoms with Crippen molar-refractivity contribution < 1.29 is 9.53 Å². The molecule has 0 saturated carbocycles. The van der Waals surface area contributed by atoms with Crippen molar-refractivity contribution in [2.45, 2.75) is 25.9 Å². The summed E-state index contributed by atoms with van der Waals surface area (Å²) in [7, 11) is 5.58. The van der Waals surface area contributed by atoms with E-state index < -0.39 is 0 Å². The number of amides is 1. The van der Waals surface area contributed by atoms with E-state index in [1.165, 1.54) is 7.11 Å². The molecule has 0 aliphatic carbocycles. The topological polar surface area (TPSA) is 74.7 Å².